The van der Waals surface area contributed by atoms with Crippen LogP contribution < -0.4 is 11.1 Å². The first-order valence-corrected chi connectivity index (χ1v) is 7.08. The molecular formula is C14H22N4S. The molecule has 0 saturated carbocycles. The van der Waals surface area contributed by atoms with Gasteiger partial charge in [-0.05, 0) is 50.5 Å². The number of aromatic nitrogens is 1. The molecule has 2 rings (SSSR count). The van der Waals surface area contributed by atoms with E-state index in [-0.39, 0.29) is 0 Å². The number of hydrogen-bond acceptors (Lipinski definition) is 4. The van der Waals surface area contributed by atoms with E-state index in [1.807, 2.05) is 12.1 Å². The molecule has 1 aliphatic rings. The van der Waals surface area contributed by atoms with E-state index in [1.165, 1.54) is 25.9 Å². The van der Waals surface area contributed by atoms with E-state index in [4.69, 9.17) is 18.0 Å². The fourth-order valence-electron chi connectivity index (χ4n) is 2.32. The molecule has 19 heavy (non-hydrogen) atoms. The highest BCUT2D eigenvalue weighted by atomic mass is 32.1. The zero-order valence-corrected chi connectivity index (χ0v) is 12.5. The van der Waals surface area contributed by atoms with E-state index in [0.29, 0.717) is 10.4 Å². The standard InChI is InChI=1S/C14H22N4S/c1-14(4-7-18(2)8-5-14)10-17-12-9-11(13(15)19)3-6-16-12/h3,6,9H,4-5,7-8,10H2,1-2H3,(H2,15,19)(H,16,17). The molecule has 2 heterocycles. The van der Waals surface area contributed by atoms with Crippen LogP contribution in [0.2, 0.25) is 0 Å². The molecule has 0 atom stereocenters. The molecule has 1 aromatic heterocycles. The molecule has 4 nitrogen and oxygen atoms in total. The number of thiocarbonyl (C=S) groups is 1. The van der Waals surface area contributed by atoms with Crippen molar-refractivity contribution in [1.82, 2.24) is 9.88 Å². The van der Waals surface area contributed by atoms with Crippen LogP contribution in [0.4, 0.5) is 5.82 Å². The number of likely N-dealkylation sites (tertiary alicyclic amines) is 1. The maximum atomic E-state index is 5.63. The summed E-state index contributed by atoms with van der Waals surface area (Å²) < 4.78 is 0. The van der Waals surface area contributed by atoms with Gasteiger partial charge in [-0.3, -0.25) is 0 Å². The second-order valence-corrected chi connectivity index (χ2v) is 6.20. The van der Waals surface area contributed by atoms with Crippen molar-refractivity contribution in [1.29, 1.82) is 0 Å². The Morgan fingerprint density at radius 3 is 2.84 bits per heavy atom. The summed E-state index contributed by atoms with van der Waals surface area (Å²) in [7, 11) is 2.18. The van der Waals surface area contributed by atoms with Gasteiger partial charge >= 0.3 is 0 Å². The molecule has 3 N–H and O–H groups in total. The summed E-state index contributed by atoms with van der Waals surface area (Å²) in [4.78, 5) is 7.11. The van der Waals surface area contributed by atoms with Gasteiger partial charge in [0, 0.05) is 18.3 Å². The lowest BCUT2D eigenvalue weighted by Gasteiger charge is -2.38. The van der Waals surface area contributed by atoms with Gasteiger partial charge in [0.15, 0.2) is 0 Å². The quantitative estimate of drug-likeness (QED) is 0.823. The van der Waals surface area contributed by atoms with Crippen LogP contribution in [0, 0.1) is 5.41 Å². The van der Waals surface area contributed by atoms with Crippen molar-refractivity contribution in [2.75, 3.05) is 32.0 Å². The fourth-order valence-corrected chi connectivity index (χ4v) is 2.45. The Kier molecular flexibility index (Phi) is 4.37. The third-order valence-corrected chi connectivity index (χ3v) is 4.17. The monoisotopic (exact) mass is 278 g/mol. The molecule has 0 spiro atoms. The Morgan fingerprint density at radius 1 is 1.53 bits per heavy atom. The summed E-state index contributed by atoms with van der Waals surface area (Å²) in [5.74, 6) is 0.852. The highest BCUT2D eigenvalue weighted by molar-refractivity contribution is 7.80. The molecule has 1 aromatic rings. The lowest BCUT2D eigenvalue weighted by atomic mass is 9.80. The van der Waals surface area contributed by atoms with Crippen molar-refractivity contribution in [2.45, 2.75) is 19.8 Å². The van der Waals surface area contributed by atoms with Crippen LogP contribution in [0.5, 0.6) is 0 Å². The van der Waals surface area contributed by atoms with Crippen molar-refractivity contribution < 1.29 is 0 Å². The summed E-state index contributed by atoms with van der Waals surface area (Å²) in [6.07, 6.45) is 4.17. The minimum Gasteiger partial charge on any atom is -0.389 e. The summed E-state index contributed by atoms with van der Waals surface area (Å²) in [5, 5.41) is 3.42. The lowest BCUT2D eigenvalue weighted by molar-refractivity contribution is 0.150. The van der Waals surface area contributed by atoms with Crippen LogP contribution in [0.3, 0.4) is 0 Å². The Balaban J connectivity index is 1.95. The molecule has 1 aliphatic heterocycles. The average Bonchev–Trinajstić information content (AvgIpc) is 2.41. The summed E-state index contributed by atoms with van der Waals surface area (Å²) >= 11 is 4.98. The van der Waals surface area contributed by atoms with Gasteiger partial charge in [-0.15, -0.1) is 0 Å². The molecule has 0 amide bonds. The lowest BCUT2D eigenvalue weighted by Crippen LogP contribution is -2.40. The van der Waals surface area contributed by atoms with Gasteiger partial charge in [0.2, 0.25) is 0 Å². The molecule has 1 saturated heterocycles. The van der Waals surface area contributed by atoms with Crippen LogP contribution >= 0.6 is 12.2 Å². The van der Waals surface area contributed by atoms with Crippen molar-refractivity contribution in [3.63, 3.8) is 0 Å². The zero-order valence-electron chi connectivity index (χ0n) is 11.6. The van der Waals surface area contributed by atoms with Gasteiger partial charge in [-0.2, -0.15) is 0 Å². The number of nitrogens with two attached hydrogens (primary N) is 1. The van der Waals surface area contributed by atoms with E-state index in [2.05, 4.69) is 29.2 Å². The SMILES string of the molecule is CN1CCC(C)(CNc2cc(C(N)=S)ccn2)CC1. The first-order chi connectivity index (χ1) is 8.98. The number of hydrogen-bond donors (Lipinski definition) is 2. The van der Waals surface area contributed by atoms with Crippen molar-refractivity contribution in [3.8, 4) is 0 Å². The number of piperidine rings is 1. The zero-order chi connectivity index (χ0) is 13.9. The van der Waals surface area contributed by atoms with Crippen LogP contribution in [0.15, 0.2) is 18.3 Å². The molecule has 1 fully saturated rings. The molecule has 0 radical (unpaired) electrons. The minimum absolute atomic E-state index is 0.341. The third-order valence-electron chi connectivity index (χ3n) is 3.93. The highest BCUT2D eigenvalue weighted by Crippen LogP contribution is 2.30. The van der Waals surface area contributed by atoms with Gasteiger partial charge in [0.05, 0.1) is 0 Å². The number of nitrogens with zero attached hydrogens (tertiary/aromatic N) is 2. The number of nitrogens with one attached hydrogen (secondary N) is 1. The van der Waals surface area contributed by atoms with Gasteiger partial charge in [-0.1, -0.05) is 19.1 Å². The molecule has 0 unspecified atom stereocenters. The molecule has 5 heteroatoms. The van der Waals surface area contributed by atoms with Crippen molar-refractivity contribution in [2.24, 2.45) is 11.1 Å². The second kappa shape index (κ2) is 5.84. The molecule has 0 aromatic carbocycles. The Bertz CT molecular complexity index is 453. The third kappa shape index (κ3) is 3.88. The maximum absolute atomic E-state index is 5.63. The van der Waals surface area contributed by atoms with E-state index >= 15 is 0 Å². The van der Waals surface area contributed by atoms with Crippen molar-refractivity contribution >= 4 is 23.0 Å². The Morgan fingerprint density at radius 2 is 2.21 bits per heavy atom. The molecule has 104 valence electrons. The predicted octanol–water partition coefficient (Wildman–Crippen LogP) is 1.86. The van der Waals surface area contributed by atoms with Crippen molar-refractivity contribution in [3.05, 3.63) is 23.9 Å². The number of anilines is 1. The second-order valence-electron chi connectivity index (χ2n) is 5.76. The average molecular weight is 278 g/mol. The van der Waals surface area contributed by atoms with Crippen LogP contribution in [0.25, 0.3) is 0 Å². The summed E-state index contributed by atoms with van der Waals surface area (Å²) in [5.41, 5.74) is 6.84. The van der Waals surface area contributed by atoms with E-state index < -0.39 is 0 Å². The Hall–Kier alpha value is -1.20. The normalized spacial score (nSPS) is 19.1. The predicted molar refractivity (Wildman–Crippen MR) is 83.5 cm³/mol. The van der Waals surface area contributed by atoms with Crippen LogP contribution in [0.1, 0.15) is 25.3 Å². The minimum atomic E-state index is 0.341. The van der Waals surface area contributed by atoms with Gasteiger partial charge in [-0.25, -0.2) is 4.98 Å². The van der Waals surface area contributed by atoms with Gasteiger partial charge in [0.25, 0.3) is 0 Å². The Labute approximate surface area is 120 Å². The van der Waals surface area contributed by atoms with Gasteiger partial charge < -0.3 is 16.0 Å². The number of pyridine rings is 1. The largest absolute Gasteiger partial charge is 0.389 e. The summed E-state index contributed by atoms with van der Waals surface area (Å²) in [6.45, 7) is 5.61. The topological polar surface area (TPSA) is 54.2 Å². The molecule has 0 aliphatic carbocycles. The highest BCUT2D eigenvalue weighted by Gasteiger charge is 2.28. The fraction of sp³-hybridized carbons (Fsp3) is 0.571. The number of rotatable bonds is 4. The van der Waals surface area contributed by atoms with E-state index in [1.54, 1.807) is 6.20 Å². The van der Waals surface area contributed by atoms with Gasteiger partial charge in [0.1, 0.15) is 10.8 Å². The summed E-state index contributed by atoms with van der Waals surface area (Å²) in [6, 6.07) is 3.76. The van der Waals surface area contributed by atoms with Crippen LogP contribution in [-0.4, -0.2) is 41.6 Å². The first kappa shape index (κ1) is 14.2. The van der Waals surface area contributed by atoms with Crippen LogP contribution in [-0.2, 0) is 0 Å². The molecule has 0 bridgehead atoms. The molecular weight excluding hydrogens is 256 g/mol. The van der Waals surface area contributed by atoms with E-state index in [0.717, 1.165) is 17.9 Å². The smallest absolute Gasteiger partial charge is 0.126 e. The first-order valence-electron chi connectivity index (χ1n) is 6.67. The maximum Gasteiger partial charge on any atom is 0.126 e. The van der Waals surface area contributed by atoms with E-state index in [9.17, 15) is 0 Å².